The van der Waals surface area contributed by atoms with Crippen molar-refractivity contribution in [3.05, 3.63) is 89.0 Å². The lowest BCUT2D eigenvalue weighted by Crippen LogP contribution is -2.41. The summed E-state index contributed by atoms with van der Waals surface area (Å²) in [5.41, 5.74) is 4.50. The Kier molecular flexibility index (Phi) is 7.43. The second-order valence-corrected chi connectivity index (χ2v) is 9.99. The highest BCUT2D eigenvalue weighted by Crippen LogP contribution is 2.32. The molecule has 7 heteroatoms. The molecule has 0 saturated carbocycles. The van der Waals surface area contributed by atoms with Crippen LogP contribution in [-0.2, 0) is 14.8 Å². The van der Waals surface area contributed by atoms with Crippen LogP contribution in [-0.4, -0.2) is 28.0 Å². The Morgan fingerprint density at radius 2 is 1.64 bits per heavy atom. The molecule has 1 amide bonds. The van der Waals surface area contributed by atoms with Gasteiger partial charge >= 0.3 is 0 Å². The van der Waals surface area contributed by atoms with Gasteiger partial charge in [0.25, 0.3) is 10.0 Å². The molecule has 6 nitrogen and oxygen atoms in total. The van der Waals surface area contributed by atoms with E-state index in [9.17, 15) is 13.2 Å². The Labute approximate surface area is 196 Å². The number of anilines is 1. The topological polar surface area (TPSA) is 75.7 Å². The van der Waals surface area contributed by atoms with Crippen LogP contribution < -0.4 is 14.4 Å². The van der Waals surface area contributed by atoms with Crippen molar-refractivity contribution in [1.82, 2.24) is 5.32 Å². The van der Waals surface area contributed by atoms with E-state index in [0.29, 0.717) is 11.4 Å². The maximum absolute atomic E-state index is 13.6. The molecule has 0 aliphatic heterocycles. The van der Waals surface area contributed by atoms with Crippen LogP contribution in [0.5, 0.6) is 5.75 Å². The predicted octanol–water partition coefficient (Wildman–Crippen LogP) is 4.69. The second kappa shape index (κ2) is 10.1. The molecule has 0 aliphatic rings. The molecule has 1 N–H and O–H groups in total. The van der Waals surface area contributed by atoms with Gasteiger partial charge in [0.15, 0.2) is 0 Å². The zero-order chi connectivity index (χ0) is 24.2. The van der Waals surface area contributed by atoms with Gasteiger partial charge in [0, 0.05) is 0 Å². The number of benzene rings is 3. The zero-order valence-electron chi connectivity index (χ0n) is 19.6. The van der Waals surface area contributed by atoms with Gasteiger partial charge in [-0.05, 0) is 68.7 Å². The average molecular weight is 467 g/mol. The molecule has 33 heavy (non-hydrogen) atoms. The molecule has 0 fully saturated rings. The number of hydrogen-bond donors (Lipinski definition) is 1. The standard InChI is InChI=1S/C26H30N2O4S/c1-18-10-14-23(15-11-18)33(30,31)28(24-8-6-7-9-25(24)32-5)17-26(29)27-21(4)22-13-12-19(2)20(3)16-22/h6-16,21H,17H2,1-5H3,(H,27,29). The van der Waals surface area contributed by atoms with Crippen molar-refractivity contribution < 1.29 is 17.9 Å². The Balaban J connectivity index is 1.93. The first-order valence-corrected chi connectivity index (χ1v) is 12.2. The minimum atomic E-state index is -4.02. The molecule has 174 valence electrons. The van der Waals surface area contributed by atoms with Crippen molar-refractivity contribution in [2.24, 2.45) is 0 Å². The Morgan fingerprint density at radius 1 is 0.970 bits per heavy atom. The van der Waals surface area contributed by atoms with Gasteiger partial charge in [-0.25, -0.2) is 8.42 Å². The summed E-state index contributed by atoms with van der Waals surface area (Å²) < 4.78 is 33.6. The summed E-state index contributed by atoms with van der Waals surface area (Å²) in [4.78, 5) is 13.1. The van der Waals surface area contributed by atoms with E-state index in [4.69, 9.17) is 4.74 Å². The third-order valence-electron chi connectivity index (χ3n) is 5.66. The van der Waals surface area contributed by atoms with Gasteiger partial charge in [0.05, 0.1) is 23.7 Å². The van der Waals surface area contributed by atoms with E-state index in [1.165, 1.54) is 12.7 Å². The summed E-state index contributed by atoms with van der Waals surface area (Å²) in [7, 11) is -2.55. The summed E-state index contributed by atoms with van der Waals surface area (Å²) in [6, 6.07) is 19.0. The van der Waals surface area contributed by atoms with E-state index in [0.717, 1.165) is 21.0 Å². The fourth-order valence-corrected chi connectivity index (χ4v) is 4.94. The molecule has 0 heterocycles. The summed E-state index contributed by atoms with van der Waals surface area (Å²) in [6.07, 6.45) is 0. The maximum atomic E-state index is 13.6. The Morgan fingerprint density at radius 3 is 2.27 bits per heavy atom. The maximum Gasteiger partial charge on any atom is 0.264 e. The first-order chi connectivity index (χ1) is 15.6. The number of methoxy groups -OCH3 is 1. The quantitative estimate of drug-likeness (QED) is 0.522. The number of para-hydroxylation sites is 2. The molecule has 0 bridgehead atoms. The monoisotopic (exact) mass is 466 g/mol. The van der Waals surface area contributed by atoms with Crippen LogP contribution in [0.1, 0.15) is 35.2 Å². The molecule has 3 aromatic carbocycles. The number of carbonyl (C=O) groups is 1. The minimum absolute atomic E-state index is 0.106. The lowest BCUT2D eigenvalue weighted by molar-refractivity contribution is -0.120. The van der Waals surface area contributed by atoms with Crippen molar-refractivity contribution >= 4 is 21.6 Å². The zero-order valence-corrected chi connectivity index (χ0v) is 20.4. The molecule has 0 radical (unpaired) electrons. The van der Waals surface area contributed by atoms with Crippen molar-refractivity contribution in [2.75, 3.05) is 18.0 Å². The first kappa shape index (κ1) is 24.3. The lowest BCUT2D eigenvalue weighted by Gasteiger charge is -2.26. The lowest BCUT2D eigenvalue weighted by atomic mass is 10.0. The molecular weight excluding hydrogens is 436 g/mol. The Hall–Kier alpha value is -3.32. The molecule has 0 aromatic heterocycles. The number of sulfonamides is 1. The number of ether oxygens (including phenoxy) is 1. The van der Waals surface area contributed by atoms with Gasteiger partial charge < -0.3 is 10.1 Å². The van der Waals surface area contributed by atoms with Gasteiger partial charge in [0.1, 0.15) is 12.3 Å². The number of nitrogens with zero attached hydrogens (tertiary/aromatic N) is 1. The summed E-state index contributed by atoms with van der Waals surface area (Å²) >= 11 is 0. The van der Waals surface area contributed by atoms with E-state index in [1.54, 1.807) is 48.5 Å². The third kappa shape index (κ3) is 5.54. The highest BCUT2D eigenvalue weighted by Gasteiger charge is 2.29. The van der Waals surface area contributed by atoms with Gasteiger partial charge in [-0.15, -0.1) is 0 Å². The second-order valence-electron chi connectivity index (χ2n) is 8.13. The number of hydrogen-bond acceptors (Lipinski definition) is 4. The number of nitrogens with one attached hydrogen (secondary N) is 1. The molecular formula is C26H30N2O4S. The van der Waals surface area contributed by atoms with Crippen molar-refractivity contribution in [3.63, 3.8) is 0 Å². The highest BCUT2D eigenvalue weighted by molar-refractivity contribution is 7.92. The normalized spacial score (nSPS) is 12.2. The van der Waals surface area contributed by atoms with Crippen LogP contribution >= 0.6 is 0 Å². The smallest absolute Gasteiger partial charge is 0.264 e. The number of aryl methyl sites for hydroxylation is 3. The number of amides is 1. The van der Waals surface area contributed by atoms with E-state index in [1.807, 2.05) is 45.9 Å². The van der Waals surface area contributed by atoms with Gasteiger partial charge in [0.2, 0.25) is 5.91 Å². The van der Waals surface area contributed by atoms with Crippen LogP contribution in [0.3, 0.4) is 0 Å². The molecule has 0 saturated heterocycles. The molecule has 0 spiro atoms. The minimum Gasteiger partial charge on any atom is -0.495 e. The first-order valence-electron chi connectivity index (χ1n) is 10.7. The van der Waals surface area contributed by atoms with Crippen LogP contribution in [0.15, 0.2) is 71.6 Å². The number of carbonyl (C=O) groups excluding carboxylic acids is 1. The van der Waals surface area contributed by atoms with Gasteiger partial charge in [-0.3, -0.25) is 9.10 Å². The van der Waals surface area contributed by atoms with Crippen LogP contribution in [0, 0.1) is 20.8 Å². The third-order valence-corrected chi connectivity index (χ3v) is 7.43. The number of rotatable bonds is 8. The van der Waals surface area contributed by atoms with Crippen LogP contribution in [0.2, 0.25) is 0 Å². The predicted molar refractivity (Wildman–Crippen MR) is 131 cm³/mol. The Bertz CT molecular complexity index is 1240. The average Bonchev–Trinajstić information content (AvgIpc) is 2.79. The van der Waals surface area contributed by atoms with E-state index in [-0.39, 0.29) is 17.5 Å². The van der Waals surface area contributed by atoms with E-state index >= 15 is 0 Å². The largest absolute Gasteiger partial charge is 0.495 e. The molecule has 0 aliphatic carbocycles. The van der Waals surface area contributed by atoms with E-state index < -0.39 is 15.9 Å². The molecule has 3 rings (SSSR count). The summed E-state index contributed by atoms with van der Waals surface area (Å²) in [6.45, 7) is 7.43. The van der Waals surface area contributed by atoms with Crippen LogP contribution in [0.4, 0.5) is 5.69 Å². The van der Waals surface area contributed by atoms with Gasteiger partial charge in [-0.1, -0.05) is 48.0 Å². The summed E-state index contributed by atoms with van der Waals surface area (Å²) in [5, 5.41) is 2.93. The van der Waals surface area contributed by atoms with Crippen molar-refractivity contribution in [1.29, 1.82) is 0 Å². The molecule has 3 aromatic rings. The fraction of sp³-hybridized carbons (Fsp3) is 0.269. The van der Waals surface area contributed by atoms with Gasteiger partial charge in [-0.2, -0.15) is 0 Å². The molecule has 1 atom stereocenters. The fourth-order valence-electron chi connectivity index (χ4n) is 3.51. The highest BCUT2D eigenvalue weighted by atomic mass is 32.2. The van der Waals surface area contributed by atoms with Crippen molar-refractivity contribution in [2.45, 2.75) is 38.6 Å². The van der Waals surface area contributed by atoms with Crippen LogP contribution in [0.25, 0.3) is 0 Å². The summed E-state index contributed by atoms with van der Waals surface area (Å²) in [5.74, 6) is -0.0504. The SMILES string of the molecule is COc1ccccc1N(CC(=O)NC(C)c1ccc(C)c(C)c1)S(=O)(=O)c1ccc(C)cc1. The molecule has 1 unspecified atom stereocenters. The van der Waals surface area contributed by atoms with Crippen molar-refractivity contribution in [3.8, 4) is 5.75 Å². The van der Waals surface area contributed by atoms with E-state index in [2.05, 4.69) is 5.32 Å².